The Morgan fingerprint density at radius 1 is 1.29 bits per heavy atom. The van der Waals surface area contributed by atoms with E-state index in [2.05, 4.69) is 4.98 Å². The second-order valence-electron chi connectivity index (χ2n) is 6.00. The lowest BCUT2D eigenvalue weighted by molar-refractivity contribution is -0.141. The molecule has 1 fully saturated rings. The van der Waals surface area contributed by atoms with Crippen LogP contribution >= 0.6 is 0 Å². The van der Waals surface area contributed by atoms with Crippen molar-refractivity contribution in [1.82, 2.24) is 9.88 Å². The molecular formula is C16H19F3N2O3. The first-order valence-electron chi connectivity index (χ1n) is 7.74. The number of amides is 1. The summed E-state index contributed by atoms with van der Waals surface area (Å²) in [5.41, 5.74) is -0.779. The molecule has 5 nitrogen and oxygen atoms in total. The van der Waals surface area contributed by atoms with Crippen LogP contribution in [-0.4, -0.2) is 40.0 Å². The number of alkyl halides is 3. The Kier molecular flexibility index (Phi) is 5.46. The van der Waals surface area contributed by atoms with E-state index in [4.69, 9.17) is 5.11 Å². The maximum absolute atomic E-state index is 12.6. The fourth-order valence-electron chi connectivity index (χ4n) is 2.87. The second kappa shape index (κ2) is 7.19. The van der Waals surface area contributed by atoms with Crippen molar-refractivity contribution in [1.29, 1.82) is 0 Å². The van der Waals surface area contributed by atoms with E-state index < -0.39 is 17.8 Å². The van der Waals surface area contributed by atoms with E-state index in [-0.39, 0.29) is 29.5 Å². The smallest absolute Gasteiger partial charge is 0.433 e. The zero-order chi connectivity index (χ0) is 17.9. The molecule has 0 bridgehead atoms. The van der Waals surface area contributed by atoms with Crippen LogP contribution in [0.3, 0.4) is 0 Å². The summed E-state index contributed by atoms with van der Waals surface area (Å²) in [4.78, 5) is 28.1. The molecule has 1 aromatic rings. The normalized spacial score (nSPS) is 16.2. The lowest BCUT2D eigenvalue weighted by Crippen LogP contribution is -2.39. The SMILES string of the molecule is Cc1nc(C(F)(F)F)ccc1C(=O)N1CCC(CCC(=O)O)CC1. The summed E-state index contributed by atoms with van der Waals surface area (Å²) in [5, 5.41) is 8.69. The highest BCUT2D eigenvalue weighted by Crippen LogP contribution is 2.29. The Balaban J connectivity index is 1.99. The number of carboxylic acids is 1. The van der Waals surface area contributed by atoms with Gasteiger partial charge in [-0.1, -0.05) is 0 Å². The summed E-state index contributed by atoms with van der Waals surface area (Å²) in [6.07, 6.45) is -2.44. The molecule has 0 aliphatic carbocycles. The summed E-state index contributed by atoms with van der Waals surface area (Å²) >= 11 is 0. The van der Waals surface area contributed by atoms with Gasteiger partial charge >= 0.3 is 12.1 Å². The molecule has 1 aliphatic rings. The van der Waals surface area contributed by atoms with Gasteiger partial charge in [-0.15, -0.1) is 0 Å². The fraction of sp³-hybridized carbons (Fsp3) is 0.562. The Hall–Kier alpha value is -2.12. The predicted molar refractivity (Wildman–Crippen MR) is 79.5 cm³/mol. The van der Waals surface area contributed by atoms with Crippen LogP contribution in [0.1, 0.15) is 47.4 Å². The third-order valence-corrected chi connectivity index (χ3v) is 4.27. The van der Waals surface area contributed by atoms with E-state index in [1.807, 2.05) is 0 Å². The van der Waals surface area contributed by atoms with Gasteiger partial charge in [0.25, 0.3) is 5.91 Å². The average Bonchev–Trinajstić information content (AvgIpc) is 2.52. The molecular weight excluding hydrogens is 325 g/mol. The first kappa shape index (κ1) is 18.2. The van der Waals surface area contributed by atoms with Gasteiger partial charge in [-0.25, -0.2) is 4.98 Å². The number of likely N-dealkylation sites (tertiary alicyclic amines) is 1. The molecule has 0 saturated carbocycles. The quantitative estimate of drug-likeness (QED) is 0.911. The lowest BCUT2D eigenvalue weighted by atomic mass is 9.92. The van der Waals surface area contributed by atoms with Crippen molar-refractivity contribution in [2.24, 2.45) is 5.92 Å². The molecule has 0 radical (unpaired) electrons. The van der Waals surface area contributed by atoms with Gasteiger partial charge in [-0.05, 0) is 44.2 Å². The van der Waals surface area contributed by atoms with Crippen LogP contribution in [0.4, 0.5) is 13.2 Å². The zero-order valence-electron chi connectivity index (χ0n) is 13.3. The molecule has 1 saturated heterocycles. The van der Waals surface area contributed by atoms with E-state index >= 15 is 0 Å². The third-order valence-electron chi connectivity index (χ3n) is 4.27. The van der Waals surface area contributed by atoms with Crippen LogP contribution < -0.4 is 0 Å². The number of carbonyl (C=O) groups is 2. The van der Waals surface area contributed by atoms with E-state index in [1.54, 1.807) is 4.90 Å². The van der Waals surface area contributed by atoms with E-state index in [0.29, 0.717) is 32.4 Å². The van der Waals surface area contributed by atoms with Crippen molar-refractivity contribution in [3.8, 4) is 0 Å². The van der Waals surface area contributed by atoms with Crippen molar-refractivity contribution >= 4 is 11.9 Å². The van der Waals surface area contributed by atoms with Gasteiger partial charge in [0.1, 0.15) is 5.69 Å². The number of carboxylic acid groups (broad SMARTS) is 1. The van der Waals surface area contributed by atoms with Crippen molar-refractivity contribution in [2.75, 3.05) is 13.1 Å². The van der Waals surface area contributed by atoms with Crippen LogP contribution in [0.5, 0.6) is 0 Å². The number of piperidine rings is 1. The molecule has 2 heterocycles. The Labute approximate surface area is 137 Å². The number of halogens is 3. The maximum atomic E-state index is 12.6. The zero-order valence-corrected chi connectivity index (χ0v) is 13.3. The van der Waals surface area contributed by atoms with Gasteiger partial charge in [0, 0.05) is 19.5 Å². The average molecular weight is 344 g/mol. The van der Waals surface area contributed by atoms with E-state index in [9.17, 15) is 22.8 Å². The first-order chi connectivity index (χ1) is 11.2. The van der Waals surface area contributed by atoms with Gasteiger partial charge < -0.3 is 10.0 Å². The summed E-state index contributed by atoms with van der Waals surface area (Å²) < 4.78 is 37.9. The van der Waals surface area contributed by atoms with Gasteiger partial charge in [0.2, 0.25) is 0 Å². The molecule has 1 aliphatic heterocycles. The second-order valence-corrected chi connectivity index (χ2v) is 6.00. The minimum Gasteiger partial charge on any atom is -0.481 e. The summed E-state index contributed by atoms with van der Waals surface area (Å²) in [7, 11) is 0. The van der Waals surface area contributed by atoms with Crippen molar-refractivity contribution in [3.63, 3.8) is 0 Å². The minimum absolute atomic E-state index is 0.0582. The van der Waals surface area contributed by atoms with Crippen LogP contribution in [0.25, 0.3) is 0 Å². The molecule has 0 atom stereocenters. The van der Waals surface area contributed by atoms with Crippen LogP contribution in [0.15, 0.2) is 12.1 Å². The van der Waals surface area contributed by atoms with Gasteiger partial charge in [0.05, 0.1) is 11.3 Å². The monoisotopic (exact) mass is 344 g/mol. The number of rotatable bonds is 4. The van der Waals surface area contributed by atoms with Gasteiger partial charge in [-0.2, -0.15) is 13.2 Å². The number of nitrogens with zero attached hydrogens (tertiary/aromatic N) is 2. The van der Waals surface area contributed by atoms with Crippen molar-refractivity contribution < 1.29 is 27.9 Å². The molecule has 0 unspecified atom stereocenters. The molecule has 132 valence electrons. The van der Waals surface area contributed by atoms with Crippen LogP contribution in [-0.2, 0) is 11.0 Å². The first-order valence-corrected chi connectivity index (χ1v) is 7.74. The number of pyridine rings is 1. The molecule has 1 aromatic heterocycles. The highest BCUT2D eigenvalue weighted by atomic mass is 19.4. The number of aromatic nitrogens is 1. The summed E-state index contributed by atoms with van der Waals surface area (Å²) in [6.45, 7) is 2.34. The van der Waals surface area contributed by atoms with Crippen molar-refractivity contribution in [2.45, 2.75) is 38.8 Å². The molecule has 0 spiro atoms. The molecule has 0 aromatic carbocycles. The van der Waals surface area contributed by atoms with Gasteiger partial charge in [-0.3, -0.25) is 9.59 Å². The van der Waals surface area contributed by atoms with E-state index in [0.717, 1.165) is 6.07 Å². The topological polar surface area (TPSA) is 70.5 Å². The number of hydrogen-bond donors (Lipinski definition) is 1. The highest BCUT2D eigenvalue weighted by Gasteiger charge is 2.33. The maximum Gasteiger partial charge on any atom is 0.433 e. The van der Waals surface area contributed by atoms with Crippen molar-refractivity contribution in [3.05, 3.63) is 29.1 Å². The molecule has 2 rings (SSSR count). The van der Waals surface area contributed by atoms with Gasteiger partial charge in [0.15, 0.2) is 0 Å². The molecule has 24 heavy (non-hydrogen) atoms. The fourth-order valence-corrected chi connectivity index (χ4v) is 2.87. The molecule has 1 amide bonds. The highest BCUT2D eigenvalue weighted by molar-refractivity contribution is 5.95. The standard InChI is InChI=1S/C16H19F3N2O3/c1-10-12(3-4-13(20-10)16(17,18)19)15(24)21-8-6-11(7-9-21)2-5-14(22)23/h3-4,11H,2,5-9H2,1H3,(H,22,23). The third kappa shape index (κ3) is 4.46. The largest absolute Gasteiger partial charge is 0.481 e. The molecule has 1 N–H and O–H groups in total. The Morgan fingerprint density at radius 3 is 2.42 bits per heavy atom. The molecule has 8 heteroatoms. The Bertz CT molecular complexity index is 623. The number of aryl methyl sites for hydroxylation is 1. The summed E-state index contributed by atoms with van der Waals surface area (Å²) in [5.74, 6) is -0.901. The van der Waals surface area contributed by atoms with Crippen LogP contribution in [0, 0.1) is 12.8 Å². The number of hydrogen-bond acceptors (Lipinski definition) is 3. The minimum atomic E-state index is -4.53. The lowest BCUT2D eigenvalue weighted by Gasteiger charge is -2.32. The predicted octanol–water partition coefficient (Wildman–Crippen LogP) is 3.13. The number of carbonyl (C=O) groups excluding carboxylic acids is 1. The number of aliphatic carboxylic acids is 1. The van der Waals surface area contributed by atoms with E-state index in [1.165, 1.54) is 13.0 Å². The Morgan fingerprint density at radius 2 is 1.92 bits per heavy atom. The van der Waals surface area contributed by atoms with Crippen LogP contribution in [0.2, 0.25) is 0 Å². The summed E-state index contributed by atoms with van der Waals surface area (Å²) in [6, 6.07) is 1.99.